The molecule has 0 heterocycles. The third-order valence-electron chi connectivity index (χ3n) is 3.81. The first kappa shape index (κ1) is 21.3. The van der Waals surface area contributed by atoms with Crippen LogP contribution in [-0.2, 0) is 19.1 Å². The van der Waals surface area contributed by atoms with Gasteiger partial charge in [-0.3, -0.25) is 9.59 Å². The highest BCUT2D eigenvalue weighted by Crippen LogP contribution is 2.24. The molecule has 0 aliphatic carbocycles. The summed E-state index contributed by atoms with van der Waals surface area (Å²) in [5, 5.41) is 0. The van der Waals surface area contributed by atoms with Crippen molar-refractivity contribution in [3.8, 4) is 22.6 Å². The summed E-state index contributed by atoms with van der Waals surface area (Å²) in [5.41, 5.74) is 2.13. The van der Waals surface area contributed by atoms with Crippen molar-refractivity contribution in [1.29, 1.82) is 0 Å². The minimum atomic E-state index is -0.277. The highest BCUT2D eigenvalue weighted by atomic mass is 16.6. The average Bonchev–Trinajstić information content (AvgIpc) is 2.71. The monoisotopic (exact) mass is 386 g/mol. The Morgan fingerprint density at radius 3 is 1.75 bits per heavy atom. The lowest BCUT2D eigenvalue weighted by molar-refractivity contribution is -0.144. The Morgan fingerprint density at radius 1 is 0.714 bits per heavy atom. The summed E-state index contributed by atoms with van der Waals surface area (Å²) in [7, 11) is 0. The summed E-state index contributed by atoms with van der Waals surface area (Å²) in [6, 6.07) is 15.5. The highest BCUT2D eigenvalue weighted by molar-refractivity contribution is 5.68. The number of hydrogen-bond donors (Lipinski definition) is 0. The zero-order chi connectivity index (χ0) is 20.2. The van der Waals surface area contributed by atoms with Gasteiger partial charge in [-0.1, -0.05) is 31.2 Å². The predicted molar refractivity (Wildman–Crippen MR) is 105 cm³/mol. The van der Waals surface area contributed by atoms with Gasteiger partial charge in [-0.05, 0) is 35.4 Å². The Balaban J connectivity index is 1.76. The molecule has 6 heteroatoms. The number of hydrogen-bond acceptors (Lipinski definition) is 6. The van der Waals surface area contributed by atoms with Gasteiger partial charge in [0.05, 0.1) is 13.2 Å². The van der Waals surface area contributed by atoms with E-state index in [1.807, 2.05) is 48.5 Å². The molecule has 0 bridgehead atoms. The van der Waals surface area contributed by atoms with Crippen LogP contribution in [0.3, 0.4) is 0 Å². The molecule has 0 N–H and O–H groups in total. The number of ether oxygens (including phenoxy) is 4. The molecule has 0 saturated carbocycles. The van der Waals surface area contributed by atoms with E-state index in [2.05, 4.69) is 0 Å². The fourth-order valence-corrected chi connectivity index (χ4v) is 2.37. The minimum Gasteiger partial charge on any atom is -0.493 e. The van der Waals surface area contributed by atoms with Crippen LogP contribution in [0, 0.1) is 0 Å². The first-order chi connectivity index (χ1) is 13.6. The molecule has 2 aromatic carbocycles. The maximum Gasteiger partial charge on any atom is 0.305 e. The average molecular weight is 386 g/mol. The molecule has 0 unspecified atom stereocenters. The molecule has 0 aliphatic rings. The van der Waals surface area contributed by atoms with Crippen molar-refractivity contribution in [3.63, 3.8) is 0 Å². The number of benzene rings is 2. The van der Waals surface area contributed by atoms with Crippen LogP contribution in [0.4, 0.5) is 0 Å². The summed E-state index contributed by atoms with van der Waals surface area (Å²) < 4.78 is 21.0. The van der Waals surface area contributed by atoms with Crippen molar-refractivity contribution in [1.82, 2.24) is 0 Å². The van der Waals surface area contributed by atoms with Gasteiger partial charge in [-0.25, -0.2) is 0 Å². The van der Waals surface area contributed by atoms with Crippen LogP contribution in [0.1, 0.15) is 26.7 Å². The maximum atomic E-state index is 11.1. The molecular weight excluding hydrogens is 360 g/mol. The first-order valence-electron chi connectivity index (χ1n) is 9.33. The second-order valence-electron chi connectivity index (χ2n) is 6.01. The van der Waals surface area contributed by atoms with Gasteiger partial charge in [0.2, 0.25) is 0 Å². The van der Waals surface area contributed by atoms with E-state index in [-0.39, 0.29) is 18.5 Å². The number of esters is 2. The Hall–Kier alpha value is -3.02. The Kier molecular flexibility index (Phi) is 8.85. The van der Waals surface area contributed by atoms with E-state index in [1.165, 1.54) is 6.92 Å². The zero-order valence-corrected chi connectivity index (χ0v) is 16.3. The van der Waals surface area contributed by atoms with Crippen LogP contribution in [0.5, 0.6) is 11.5 Å². The van der Waals surface area contributed by atoms with Gasteiger partial charge in [0.1, 0.15) is 24.7 Å². The van der Waals surface area contributed by atoms with Crippen molar-refractivity contribution < 1.29 is 28.5 Å². The SMILES string of the molecule is CCC(=O)OCCOc1ccc(-c2ccc(OCCCOC(C)=O)cc2)cc1. The zero-order valence-electron chi connectivity index (χ0n) is 16.3. The highest BCUT2D eigenvalue weighted by Gasteiger charge is 2.02. The number of carbonyl (C=O) groups is 2. The van der Waals surface area contributed by atoms with Gasteiger partial charge in [0.15, 0.2) is 0 Å². The molecule has 0 aliphatic heterocycles. The summed E-state index contributed by atoms with van der Waals surface area (Å²) in [6.45, 7) is 4.58. The fourth-order valence-electron chi connectivity index (χ4n) is 2.37. The van der Waals surface area contributed by atoms with Gasteiger partial charge in [0, 0.05) is 19.8 Å². The van der Waals surface area contributed by atoms with E-state index in [4.69, 9.17) is 18.9 Å². The standard InChI is InChI=1S/C22H26O6/c1-3-22(24)28-16-15-27-21-11-7-19(8-12-21)18-5-9-20(10-6-18)26-14-4-13-25-17(2)23/h5-12H,3-4,13-16H2,1-2H3. The molecule has 0 atom stereocenters. The summed E-state index contributed by atoms with van der Waals surface area (Å²) in [5.74, 6) is 0.994. The minimum absolute atomic E-state index is 0.226. The van der Waals surface area contributed by atoms with Crippen molar-refractivity contribution in [2.24, 2.45) is 0 Å². The fraction of sp³-hybridized carbons (Fsp3) is 0.364. The number of rotatable bonds is 11. The quantitative estimate of drug-likeness (QED) is 0.429. The molecule has 0 aromatic heterocycles. The summed E-state index contributed by atoms with van der Waals surface area (Å²) >= 11 is 0. The van der Waals surface area contributed by atoms with Crippen LogP contribution >= 0.6 is 0 Å². The Labute approximate surface area is 165 Å². The van der Waals surface area contributed by atoms with E-state index in [9.17, 15) is 9.59 Å². The van der Waals surface area contributed by atoms with E-state index in [1.54, 1.807) is 6.92 Å². The molecular formula is C22H26O6. The van der Waals surface area contributed by atoms with Gasteiger partial charge < -0.3 is 18.9 Å². The molecule has 0 amide bonds. The van der Waals surface area contributed by atoms with E-state index in [0.717, 1.165) is 22.6 Å². The third-order valence-corrected chi connectivity index (χ3v) is 3.81. The van der Waals surface area contributed by atoms with Gasteiger partial charge in [-0.15, -0.1) is 0 Å². The van der Waals surface area contributed by atoms with Crippen LogP contribution in [0.25, 0.3) is 11.1 Å². The Morgan fingerprint density at radius 2 is 1.25 bits per heavy atom. The van der Waals surface area contributed by atoms with Crippen LogP contribution < -0.4 is 9.47 Å². The molecule has 0 spiro atoms. The molecule has 2 aromatic rings. The first-order valence-corrected chi connectivity index (χ1v) is 9.33. The van der Waals surface area contributed by atoms with E-state index < -0.39 is 0 Å². The molecule has 28 heavy (non-hydrogen) atoms. The molecule has 6 nitrogen and oxygen atoms in total. The lowest BCUT2D eigenvalue weighted by atomic mass is 10.1. The second-order valence-corrected chi connectivity index (χ2v) is 6.01. The normalized spacial score (nSPS) is 10.2. The lowest BCUT2D eigenvalue weighted by Gasteiger charge is -2.09. The molecule has 0 fully saturated rings. The largest absolute Gasteiger partial charge is 0.493 e. The second kappa shape index (κ2) is 11.6. The van der Waals surface area contributed by atoms with Crippen LogP contribution in [-0.4, -0.2) is 38.4 Å². The van der Waals surface area contributed by atoms with Crippen LogP contribution in [0.2, 0.25) is 0 Å². The van der Waals surface area contributed by atoms with Gasteiger partial charge >= 0.3 is 11.9 Å². The van der Waals surface area contributed by atoms with Crippen LogP contribution in [0.15, 0.2) is 48.5 Å². The van der Waals surface area contributed by atoms with E-state index in [0.29, 0.717) is 32.7 Å². The summed E-state index contributed by atoms with van der Waals surface area (Å²) in [4.78, 5) is 21.7. The Bertz CT molecular complexity index is 737. The molecule has 150 valence electrons. The van der Waals surface area contributed by atoms with Gasteiger partial charge in [0.25, 0.3) is 0 Å². The molecule has 0 saturated heterocycles. The topological polar surface area (TPSA) is 71.1 Å². The third kappa shape index (κ3) is 7.70. The smallest absolute Gasteiger partial charge is 0.305 e. The maximum absolute atomic E-state index is 11.1. The van der Waals surface area contributed by atoms with Crippen molar-refractivity contribution in [2.75, 3.05) is 26.4 Å². The molecule has 0 radical (unpaired) electrons. The van der Waals surface area contributed by atoms with Crippen molar-refractivity contribution in [3.05, 3.63) is 48.5 Å². The van der Waals surface area contributed by atoms with E-state index >= 15 is 0 Å². The molecule has 2 rings (SSSR count). The van der Waals surface area contributed by atoms with Gasteiger partial charge in [-0.2, -0.15) is 0 Å². The van der Waals surface area contributed by atoms with Crippen molar-refractivity contribution >= 4 is 11.9 Å². The number of carbonyl (C=O) groups excluding carboxylic acids is 2. The lowest BCUT2D eigenvalue weighted by Crippen LogP contribution is -2.11. The predicted octanol–water partition coefficient (Wildman–Crippen LogP) is 4.02. The summed E-state index contributed by atoms with van der Waals surface area (Å²) in [6.07, 6.45) is 1.02. The van der Waals surface area contributed by atoms with Crippen molar-refractivity contribution in [2.45, 2.75) is 26.7 Å².